The van der Waals surface area contributed by atoms with E-state index in [2.05, 4.69) is 10.0 Å². The molecule has 1 amide bonds. The van der Waals surface area contributed by atoms with Crippen LogP contribution >= 0.6 is 12.4 Å². The number of hydrogen-bond acceptors (Lipinski definition) is 6. The molecule has 1 aliphatic rings. The van der Waals surface area contributed by atoms with E-state index in [1.54, 1.807) is 18.2 Å². The summed E-state index contributed by atoms with van der Waals surface area (Å²) in [7, 11) is -3.80. The average molecular weight is 428 g/mol. The molecule has 4 N–H and O–H groups in total. The van der Waals surface area contributed by atoms with Crippen LogP contribution in [0.25, 0.3) is 0 Å². The summed E-state index contributed by atoms with van der Waals surface area (Å²) in [6.45, 7) is 1.80. The Morgan fingerprint density at radius 2 is 1.71 bits per heavy atom. The van der Waals surface area contributed by atoms with Crippen molar-refractivity contribution in [1.82, 2.24) is 5.32 Å². The van der Waals surface area contributed by atoms with Crippen molar-refractivity contribution in [3.63, 3.8) is 0 Å². The summed E-state index contributed by atoms with van der Waals surface area (Å²) in [5.74, 6) is 0.684. The lowest BCUT2D eigenvalue weighted by atomic mass is 10.2. The first-order valence-electron chi connectivity index (χ1n) is 8.50. The second kappa shape index (κ2) is 9.63. The van der Waals surface area contributed by atoms with Crippen LogP contribution in [0.1, 0.15) is 16.8 Å². The Bertz CT molecular complexity index is 919. The molecule has 1 heterocycles. The standard InChI is InChI=1S/C18H21N3O5S.ClH/c19-8-1-9-20-18(22)13-2-4-14(5-3-13)21-27(23,24)15-6-7-16-17(12-15)26-11-10-25-16;/h2-7,12,21H,1,8-11,19H2,(H,20,22);1H. The van der Waals surface area contributed by atoms with Crippen molar-refractivity contribution in [3.8, 4) is 11.5 Å². The second-order valence-corrected chi connectivity index (χ2v) is 7.57. The number of nitrogens with two attached hydrogens (primary N) is 1. The molecule has 0 atom stereocenters. The van der Waals surface area contributed by atoms with Crippen LogP contribution in [-0.4, -0.2) is 40.6 Å². The number of nitrogens with one attached hydrogen (secondary N) is 2. The lowest BCUT2D eigenvalue weighted by Crippen LogP contribution is -2.25. The summed E-state index contributed by atoms with van der Waals surface area (Å²) in [5, 5.41) is 2.74. The van der Waals surface area contributed by atoms with Crippen LogP contribution < -0.4 is 25.2 Å². The number of halogens is 1. The van der Waals surface area contributed by atoms with Crippen molar-refractivity contribution in [3.05, 3.63) is 48.0 Å². The Hall–Kier alpha value is -2.49. The third kappa shape index (κ3) is 5.28. The van der Waals surface area contributed by atoms with Gasteiger partial charge in [-0.2, -0.15) is 0 Å². The van der Waals surface area contributed by atoms with Gasteiger partial charge in [0, 0.05) is 23.9 Å². The van der Waals surface area contributed by atoms with Gasteiger partial charge in [-0.3, -0.25) is 9.52 Å². The molecule has 0 saturated heterocycles. The van der Waals surface area contributed by atoms with Gasteiger partial charge in [-0.1, -0.05) is 0 Å². The van der Waals surface area contributed by atoms with Crippen LogP contribution in [0.4, 0.5) is 5.69 Å². The number of ether oxygens (including phenoxy) is 2. The van der Waals surface area contributed by atoms with Crippen molar-refractivity contribution >= 4 is 34.0 Å². The maximum atomic E-state index is 12.6. The summed E-state index contributed by atoms with van der Waals surface area (Å²) in [6, 6.07) is 10.6. The molecule has 2 aromatic carbocycles. The highest BCUT2D eigenvalue weighted by Gasteiger charge is 2.19. The molecule has 28 heavy (non-hydrogen) atoms. The van der Waals surface area contributed by atoms with E-state index in [0.29, 0.717) is 55.5 Å². The molecule has 0 spiro atoms. The first-order valence-corrected chi connectivity index (χ1v) is 9.99. The fourth-order valence-electron chi connectivity index (χ4n) is 2.50. The monoisotopic (exact) mass is 427 g/mol. The molecule has 0 bridgehead atoms. The van der Waals surface area contributed by atoms with E-state index < -0.39 is 10.0 Å². The first-order chi connectivity index (χ1) is 13.0. The highest BCUT2D eigenvalue weighted by Crippen LogP contribution is 2.32. The van der Waals surface area contributed by atoms with E-state index in [1.165, 1.54) is 24.3 Å². The smallest absolute Gasteiger partial charge is 0.262 e. The Morgan fingerprint density at radius 3 is 2.39 bits per heavy atom. The number of hydrogen-bond donors (Lipinski definition) is 3. The zero-order valence-electron chi connectivity index (χ0n) is 15.0. The molecule has 0 radical (unpaired) electrons. The summed E-state index contributed by atoms with van der Waals surface area (Å²) in [6.07, 6.45) is 0.694. The van der Waals surface area contributed by atoms with Crippen molar-refractivity contribution in [2.75, 3.05) is 31.0 Å². The molecule has 0 unspecified atom stereocenters. The minimum atomic E-state index is -3.80. The predicted molar refractivity (Wildman–Crippen MR) is 108 cm³/mol. The predicted octanol–water partition coefficient (Wildman–Crippen LogP) is 1.76. The van der Waals surface area contributed by atoms with Gasteiger partial charge in [-0.15, -0.1) is 12.4 Å². The van der Waals surface area contributed by atoms with Crippen molar-refractivity contribution in [1.29, 1.82) is 0 Å². The largest absolute Gasteiger partial charge is 0.486 e. The zero-order valence-corrected chi connectivity index (χ0v) is 16.6. The number of fused-ring (bicyclic) bond motifs is 1. The summed E-state index contributed by atoms with van der Waals surface area (Å²) >= 11 is 0. The van der Waals surface area contributed by atoms with Gasteiger partial charge in [0.2, 0.25) is 0 Å². The number of carbonyl (C=O) groups is 1. The highest BCUT2D eigenvalue weighted by molar-refractivity contribution is 7.92. The number of sulfonamides is 1. The lowest BCUT2D eigenvalue weighted by molar-refractivity contribution is 0.0953. The Labute approximate surface area is 169 Å². The molecule has 0 aromatic heterocycles. The van der Waals surface area contributed by atoms with Gasteiger partial charge in [-0.25, -0.2) is 8.42 Å². The van der Waals surface area contributed by atoms with E-state index in [1.807, 2.05) is 0 Å². The van der Waals surface area contributed by atoms with Crippen molar-refractivity contribution < 1.29 is 22.7 Å². The van der Waals surface area contributed by atoms with E-state index in [0.717, 1.165) is 0 Å². The molecule has 2 aromatic rings. The van der Waals surface area contributed by atoms with Crippen LogP contribution in [0.15, 0.2) is 47.4 Å². The molecule has 152 valence electrons. The van der Waals surface area contributed by atoms with Gasteiger partial charge in [0.25, 0.3) is 15.9 Å². The van der Waals surface area contributed by atoms with Gasteiger partial charge in [0.15, 0.2) is 11.5 Å². The van der Waals surface area contributed by atoms with E-state index >= 15 is 0 Å². The zero-order chi connectivity index (χ0) is 19.3. The number of carbonyl (C=O) groups excluding carboxylic acids is 1. The van der Waals surface area contributed by atoms with Crippen LogP contribution in [0.3, 0.4) is 0 Å². The molecule has 8 nitrogen and oxygen atoms in total. The molecule has 3 rings (SSSR count). The van der Waals surface area contributed by atoms with Gasteiger partial charge in [-0.05, 0) is 49.4 Å². The third-order valence-electron chi connectivity index (χ3n) is 3.89. The van der Waals surface area contributed by atoms with E-state index in [4.69, 9.17) is 15.2 Å². The van der Waals surface area contributed by atoms with Gasteiger partial charge in [0.05, 0.1) is 4.90 Å². The van der Waals surface area contributed by atoms with E-state index in [9.17, 15) is 13.2 Å². The molecular weight excluding hydrogens is 406 g/mol. The summed E-state index contributed by atoms with van der Waals surface area (Å²) < 4.78 is 38.5. The van der Waals surface area contributed by atoms with E-state index in [-0.39, 0.29) is 23.2 Å². The minimum Gasteiger partial charge on any atom is -0.486 e. The average Bonchev–Trinajstić information content (AvgIpc) is 2.68. The number of anilines is 1. The maximum absolute atomic E-state index is 12.6. The SMILES string of the molecule is Cl.NCCCNC(=O)c1ccc(NS(=O)(=O)c2ccc3c(c2)OCCO3)cc1. The normalized spacial score (nSPS) is 12.6. The quantitative estimate of drug-likeness (QED) is 0.579. The minimum absolute atomic E-state index is 0. The fraction of sp³-hybridized carbons (Fsp3) is 0.278. The summed E-state index contributed by atoms with van der Waals surface area (Å²) in [5.41, 5.74) is 6.18. The topological polar surface area (TPSA) is 120 Å². The Balaban J connectivity index is 0.00000280. The molecule has 0 saturated carbocycles. The van der Waals surface area contributed by atoms with Crippen LogP contribution in [-0.2, 0) is 10.0 Å². The number of benzene rings is 2. The van der Waals surface area contributed by atoms with Crippen LogP contribution in [0, 0.1) is 0 Å². The highest BCUT2D eigenvalue weighted by atomic mass is 35.5. The van der Waals surface area contributed by atoms with Gasteiger partial charge < -0.3 is 20.5 Å². The molecular formula is C18H22ClN3O5S. The fourth-order valence-corrected chi connectivity index (χ4v) is 3.57. The molecule has 0 aliphatic carbocycles. The van der Waals surface area contributed by atoms with Gasteiger partial charge >= 0.3 is 0 Å². The third-order valence-corrected chi connectivity index (χ3v) is 5.27. The maximum Gasteiger partial charge on any atom is 0.262 e. The van der Waals surface area contributed by atoms with Crippen molar-refractivity contribution in [2.45, 2.75) is 11.3 Å². The molecule has 1 aliphatic heterocycles. The van der Waals surface area contributed by atoms with Crippen molar-refractivity contribution in [2.24, 2.45) is 5.73 Å². The first kappa shape index (κ1) is 21.8. The number of rotatable bonds is 7. The summed E-state index contributed by atoms with van der Waals surface area (Å²) in [4.78, 5) is 12.0. The number of amides is 1. The Morgan fingerprint density at radius 1 is 1.04 bits per heavy atom. The lowest BCUT2D eigenvalue weighted by Gasteiger charge is -2.19. The van der Waals surface area contributed by atoms with Gasteiger partial charge in [0.1, 0.15) is 13.2 Å². The van der Waals surface area contributed by atoms with Crippen LogP contribution in [0.5, 0.6) is 11.5 Å². The van der Waals surface area contributed by atoms with Crippen LogP contribution in [0.2, 0.25) is 0 Å². The Kier molecular flexibility index (Phi) is 7.50. The molecule has 0 fully saturated rings. The second-order valence-electron chi connectivity index (χ2n) is 5.89. The molecule has 10 heteroatoms.